The molecule has 0 saturated carbocycles. The standard InChI is InChI=1S/C22H31ClN4O4/c1-21(2,3)31-20(29)25-19-26-22(4,15-6-5-7-16(24)18(15)23)12-17(28)27(19)13-14-8-10-30-11-9-14/h5-7,14H,8-13,24H2,1-4H3,(H,25,26,29)/t22-/m0/s1. The third kappa shape index (κ3) is 5.68. The van der Waals surface area contributed by atoms with Gasteiger partial charge >= 0.3 is 6.09 Å². The van der Waals surface area contributed by atoms with Crippen molar-refractivity contribution in [2.45, 2.75) is 58.1 Å². The molecule has 0 aliphatic carbocycles. The topological polar surface area (TPSA) is 106 Å². The Bertz CT molecular complexity index is 877. The number of guanidine groups is 1. The number of aliphatic imine (C=N–C) groups is 1. The van der Waals surface area contributed by atoms with E-state index in [1.165, 1.54) is 0 Å². The lowest BCUT2D eigenvalue weighted by Gasteiger charge is -2.43. The van der Waals surface area contributed by atoms with Crippen molar-refractivity contribution in [3.63, 3.8) is 0 Å². The van der Waals surface area contributed by atoms with E-state index in [1.807, 2.05) is 13.0 Å². The van der Waals surface area contributed by atoms with Gasteiger partial charge < -0.3 is 20.5 Å². The average Bonchev–Trinajstić information content (AvgIpc) is 2.66. The summed E-state index contributed by atoms with van der Waals surface area (Å²) in [7, 11) is 0. The first-order valence-corrected chi connectivity index (χ1v) is 10.9. The van der Waals surface area contributed by atoms with Crippen molar-refractivity contribution < 1.29 is 19.1 Å². The lowest BCUT2D eigenvalue weighted by molar-refractivity contribution is -0.131. The van der Waals surface area contributed by atoms with Crippen LogP contribution in [-0.4, -0.2) is 48.2 Å². The molecule has 3 N–H and O–H groups in total. The molecule has 0 spiro atoms. The number of anilines is 1. The Balaban J connectivity index is 1.94. The van der Waals surface area contributed by atoms with E-state index in [1.54, 1.807) is 37.8 Å². The second kappa shape index (κ2) is 9.04. The maximum Gasteiger partial charge on any atom is 0.437 e. The van der Waals surface area contributed by atoms with Crippen LogP contribution in [0.15, 0.2) is 23.2 Å². The van der Waals surface area contributed by atoms with Crippen molar-refractivity contribution in [2.24, 2.45) is 10.9 Å². The number of carbonyl (C=O) groups excluding carboxylic acids is 2. The molecular weight excluding hydrogens is 420 g/mol. The van der Waals surface area contributed by atoms with E-state index in [0.717, 1.165) is 12.8 Å². The van der Waals surface area contributed by atoms with Gasteiger partial charge in [-0.25, -0.2) is 4.79 Å². The summed E-state index contributed by atoms with van der Waals surface area (Å²) in [6.45, 7) is 8.92. The highest BCUT2D eigenvalue weighted by molar-refractivity contribution is 6.34. The molecule has 3 rings (SSSR count). The fourth-order valence-corrected chi connectivity index (χ4v) is 4.18. The predicted molar refractivity (Wildman–Crippen MR) is 120 cm³/mol. The quantitative estimate of drug-likeness (QED) is 0.680. The van der Waals surface area contributed by atoms with Crippen molar-refractivity contribution in [3.8, 4) is 0 Å². The van der Waals surface area contributed by atoms with Gasteiger partial charge in [-0.15, -0.1) is 4.99 Å². The van der Waals surface area contributed by atoms with Gasteiger partial charge in [0.1, 0.15) is 5.60 Å². The Hall–Kier alpha value is -2.32. The lowest BCUT2D eigenvalue weighted by atomic mass is 9.85. The summed E-state index contributed by atoms with van der Waals surface area (Å²) in [5.41, 5.74) is 5.50. The largest absolute Gasteiger partial charge is 0.442 e. The number of ether oxygens (including phenoxy) is 2. The van der Waals surface area contributed by atoms with Crippen LogP contribution in [0.3, 0.4) is 0 Å². The number of nitrogen functional groups attached to an aromatic ring is 1. The molecule has 2 fully saturated rings. The van der Waals surface area contributed by atoms with Crippen LogP contribution in [0.2, 0.25) is 5.02 Å². The van der Waals surface area contributed by atoms with E-state index in [9.17, 15) is 9.59 Å². The summed E-state index contributed by atoms with van der Waals surface area (Å²) in [6.07, 6.45) is 1.08. The summed E-state index contributed by atoms with van der Waals surface area (Å²) < 4.78 is 10.8. The maximum absolute atomic E-state index is 13.3. The Morgan fingerprint density at radius 2 is 2.06 bits per heavy atom. The van der Waals surface area contributed by atoms with Crippen molar-refractivity contribution in [3.05, 3.63) is 28.8 Å². The van der Waals surface area contributed by atoms with Gasteiger partial charge in [-0.05, 0) is 58.1 Å². The first kappa shape index (κ1) is 23.3. The Morgan fingerprint density at radius 3 is 2.71 bits per heavy atom. The molecule has 1 aromatic carbocycles. The number of benzene rings is 1. The minimum absolute atomic E-state index is 0.145. The molecule has 1 atom stereocenters. The molecule has 0 unspecified atom stereocenters. The molecular formula is C22H31ClN4O4. The summed E-state index contributed by atoms with van der Waals surface area (Å²) >= 11 is 6.46. The number of halogens is 1. The molecule has 2 saturated heterocycles. The SMILES string of the molecule is CC(C)(C)OC(=O)N=C1N[C@](C)(c2cccc(N)c2Cl)CC(=O)N1CC1CCOCC1. The van der Waals surface area contributed by atoms with Crippen molar-refractivity contribution >= 4 is 35.2 Å². The maximum atomic E-state index is 13.3. The van der Waals surface area contributed by atoms with Crippen LogP contribution in [0.25, 0.3) is 0 Å². The van der Waals surface area contributed by atoms with Crippen molar-refractivity contribution in [1.29, 1.82) is 0 Å². The van der Waals surface area contributed by atoms with E-state index >= 15 is 0 Å². The molecule has 2 aliphatic heterocycles. The smallest absolute Gasteiger partial charge is 0.437 e. The van der Waals surface area contributed by atoms with Gasteiger partial charge in [-0.3, -0.25) is 9.69 Å². The molecule has 8 nitrogen and oxygen atoms in total. The number of amides is 2. The second-order valence-corrected chi connectivity index (χ2v) is 9.70. The van der Waals surface area contributed by atoms with Crippen LogP contribution in [0.4, 0.5) is 10.5 Å². The van der Waals surface area contributed by atoms with E-state index in [2.05, 4.69) is 10.3 Å². The van der Waals surface area contributed by atoms with E-state index in [4.69, 9.17) is 26.8 Å². The van der Waals surface area contributed by atoms with E-state index in [0.29, 0.717) is 36.0 Å². The molecule has 0 bridgehead atoms. The highest BCUT2D eigenvalue weighted by atomic mass is 35.5. The Labute approximate surface area is 188 Å². The average molecular weight is 451 g/mol. The van der Waals surface area contributed by atoms with Gasteiger partial charge in [0.25, 0.3) is 0 Å². The number of nitrogens with two attached hydrogens (primary N) is 1. The molecule has 2 amide bonds. The number of rotatable bonds is 3. The number of carbonyl (C=O) groups is 2. The van der Waals surface area contributed by atoms with Crippen molar-refractivity contribution in [2.75, 3.05) is 25.5 Å². The zero-order valence-electron chi connectivity index (χ0n) is 18.5. The van der Waals surface area contributed by atoms with Crippen LogP contribution < -0.4 is 11.1 Å². The summed E-state index contributed by atoms with van der Waals surface area (Å²) in [4.78, 5) is 31.4. The molecule has 2 aliphatic rings. The van der Waals surface area contributed by atoms with Crippen molar-refractivity contribution in [1.82, 2.24) is 10.2 Å². The van der Waals surface area contributed by atoms with Crippen LogP contribution in [-0.2, 0) is 19.8 Å². The van der Waals surface area contributed by atoms with Crippen LogP contribution >= 0.6 is 11.6 Å². The number of nitrogens with zero attached hydrogens (tertiary/aromatic N) is 2. The first-order valence-electron chi connectivity index (χ1n) is 10.5. The Kier molecular flexibility index (Phi) is 6.81. The molecule has 170 valence electrons. The normalized spacial score (nSPS) is 24.2. The third-order valence-corrected chi connectivity index (χ3v) is 5.87. The lowest BCUT2D eigenvalue weighted by Crippen LogP contribution is -2.61. The molecule has 0 radical (unpaired) electrons. The van der Waals surface area contributed by atoms with E-state index in [-0.39, 0.29) is 24.2 Å². The fourth-order valence-electron chi connectivity index (χ4n) is 3.85. The Morgan fingerprint density at radius 1 is 1.39 bits per heavy atom. The van der Waals surface area contributed by atoms with E-state index < -0.39 is 17.2 Å². The second-order valence-electron chi connectivity index (χ2n) is 9.32. The summed E-state index contributed by atoms with van der Waals surface area (Å²) in [5.74, 6) is 0.287. The van der Waals surface area contributed by atoms with Crippen LogP contribution in [0.5, 0.6) is 0 Å². The molecule has 2 heterocycles. The van der Waals surface area contributed by atoms with Crippen LogP contribution in [0, 0.1) is 5.92 Å². The highest BCUT2D eigenvalue weighted by Gasteiger charge is 2.42. The zero-order valence-corrected chi connectivity index (χ0v) is 19.3. The van der Waals surface area contributed by atoms with Crippen LogP contribution in [0.1, 0.15) is 52.5 Å². The van der Waals surface area contributed by atoms with Gasteiger partial charge in [0.15, 0.2) is 0 Å². The summed E-state index contributed by atoms with van der Waals surface area (Å²) in [5, 5.41) is 3.66. The minimum Gasteiger partial charge on any atom is -0.442 e. The number of hydrogen-bond acceptors (Lipinski definition) is 5. The van der Waals surface area contributed by atoms with Gasteiger partial charge in [0.2, 0.25) is 11.9 Å². The molecule has 1 aromatic rings. The minimum atomic E-state index is -0.878. The van der Waals surface area contributed by atoms with Gasteiger partial charge in [-0.1, -0.05) is 23.7 Å². The van der Waals surface area contributed by atoms with Gasteiger partial charge in [-0.2, -0.15) is 0 Å². The highest BCUT2D eigenvalue weighted by Crippen LogP contribution is 2.37. The zero-order chi connectivity index (χ0) is 22.8. The third-order valence-electron chi connectivity index (χ3n) is 5.44. The predicted octanol–water partition coefficient (Wildman–Crippen LogP) is 3.68. The van der Waals surface area contributed by atoms with Gasteiger partial charge in [0.05, 0.1) is 22.7 Å². The fraction of sp³-hybridized carbons (Fsp3) is 0.591. The summed E-state index contributed by atoms with van der Waals surface area (Å²) in [6, 6.07) is 5.30. The first-order chi connectivity index (χ1) is 14.5. The number of nitrogens with one attached hydrogen (secondary N) is 1. The molecule has 31 heavy (non-hydrogen) atoms. The van der Waals surface area contributed by atoms with Gasteiger partial charge in [0, 0.05) is 19.8 Å². The molecule has 0 aromatic heterocycles. The monoisotopic (exact) mass is 450 g/mol. The number of hydrogen-bond donors (Lipinski definition) is 2. The molecule has 9 heteroatoms.